The van der Waals surface area contributed by atoms with Crippen molar-refractivity contribution in [3.8, 4) is 11.4 Å². The summed E-state index contributed by atoms with van der Waals surface area (Å²) in [6, 6.07) is 7.12. The molecule has 0 saturated carbocycles. The van der Waals surface area contributed by atoms with Crippen LogP contribution in [0.15, 0.2) is 66.0 Å². The number of nitrogens with zero attached hydrogens (tertiary/aromatic N) is 3. The molecule has 36 heavy (non-hydrogen) atoms. The molecule has 0 aliphatic carbocycles. The van der Waals surface area contributed by atoms with Crippen molar-refractivity contribution in [2.45, 2.75) is 19.4 Å². The number of halogens is 4. The molecule has 0 fully saturated rings. The van der Waals surface area contributed by atoms with Crippen LogP contribution in [0.25, 0.3) is 5.69 Å². The minimum atomic E-state index is -2.96. The van der Waals surface area contributed by atoms with Crippen molar-refractivity contribution in [2.75, 3.05) is 19.0 Å². The van der Waals surface area contributed by atoms with E-state index in [0.29, 0.717) is 23.2 Å². The number of aliphatic hydroxyl groups excluding tert-OH is 1. The molecule has 0 saturated heterocycles. The number of methoxy groups -OCH3 is 1. The normalized spacial score (nSPS) is 12.1. The standard InChI is InChI=1S/C25H22F4N4O3/c1-14-10-32(13-30-14)21-6-4-17(9-23(21)36-2)31-20-7-15(24(28)29)11-33(25(20)35)22(12-34)18-5-3-16(26)8-19(18)27/h3-11,13,22,24,31,34H,12H2,1-2H3/t22-/m0/s1. The number of aryl methyl sites for hydroxylation is 1. The van der Waals surface area contributed by atoms with Gasteiger partial charge in [0.05, 0.1) is 37.5 Å². The number of hydrogen-bond acceptors (Lipinski definition) is 5. The average Bonchev–Trinajstić information content (AvgIpc) is 3.28. The fourth-order valence-electron chi connectivity index (χ4n) is 3.85. The van der Waals surface area contributed by atoms with Gasteiger partial charge in [-0.1, -0.05) is 6.07 Å². The molecule has 0 amide bonds. The summed E-state index contributed by atoms with van der Waals surface area (Å²) in [6.07, 6.45) is 1.29. The molecule has 11 heteroatoms. The lowest BCUT2D eigenvalue weighted by Gasteiger charge is -2.21. The lowest BCUT2D eigenvalue weighted by Crippen LogP contribution is -2.30. The van der Waals surface area contributed by atoms with Gasteiger partial charge >= 0.3 is 0 Å². The number of ether oxygens (including phenoxy) is 1. The molecule has 2 heterocycles. The summed E-state index contributed by atoms with van der Waals surface area (Å²) in [5.41, 5.74) is 0.0262. The molecule has 0 spiro atoms. The first-order chi connectivity index (χ1) is 17.2. The molecule has 0 aliphatic rings. The summed E-state index contributed by atoms with van der Waals surface area (Å²) in [4.78, 5) is 17.4. The third-order valence-electron chi connectivity index (χ3n) is 5.59. The van der Waals surface area contributed by atoms with Crippen molar-refractivity contribution in [3.05, 3.63) is 100.0 Å². The molecule has 0 bridgehead atoms. The van der Waals surface area contributed by atoms with Crippen LogP contribution in [0.4, 0.5) is 28.9 Å². The SMILES string of the molecule is COc1cc(Nc2cc(C(F)F)cn([C@@H](CO)c3ccc(F)cc3F)c2=O)ccc1-n1cnc(C)c1. The van der Waals surface area contributed by atoms with Gasteiger partial charge in [-0.15, -0.1) is 0 Å². The van der Waals surface area contributed by atoms with Crippen LogP contribution in [0.1, 0.15) is 29.3 Å². The predicted molar refractivity (Wildman–Crippen MR) is 125 cm³/mol. The predicted octanol–water partition coefficient (Wildman–Crippen LogP) is 4.89. The minimum absolute atomic E-state index is 0.222. The van der Waals surface area contributed by atoms with E-state index in [1.807, 2.05) is 6.92 Å². The van der Waals surface area contributed by atoms with Gasteiger partial charge in [0.15, 0.2) is 0 Å². The highest BCUT2D eigenvalue weighted by molar-refractivity contribution is 5.65. The summed E-state index contributed by atoms with van der Waals surface area (Å²) >= 11 is 0. The van der Waals surface area contributed by atoms with Crippen LogP contribution in [-0.2, 0) is 0 Å². The van der Waals surface area contributed by atoms with Gasteiger partial charge in [-0.25, -0.2) is 22.5 Å². The Hall–Kier alpha value is -4.12. The molecular weight excluding hydrogens is 480 g/mol. The number of nitrogens with one attached hydrogen (secondary N) is 1. The van der Waals surface area contributed by atoms with Crippen LogP contribution in [0.3, 0.4) is 0 Å². The first-order valence-corrected chi connectivity index (χ1v) is 10.8. The lowest BCUT2D eigenvalue weighted by molar-refractivity contribution is 0.149. The van der Waals surface area contributed by atoms with Crippen molar-refractivity contribution in [1.82, 2.24) is 14.1 Å². The minimum Gasteiger partial charge on any atom is -0.494 e. The summed E-state index contributed by atoms with van der Waals surface area (Å²) in [5, 5.41) is 12.7. The summed E-state index contributed by atoms with van der Waals surface area (Å²) in [5.74, 6) is -1.45. The van der Waals surface area contributed by atoms with Crippen LogP contribution in [0.5, 0.6) is 5.75 Å². The Balaban J connectivity index is 1.77. The van der Waals surface area contributed by atoms with Crippen LogP contribution < -0.4 is 15.6 Å². The second kappa shape index (κ2) is 10.2. The van der Waals surface area contributed by atoms with Crippen LogP contribution in [0, 0.1) is 18.6 Å². The molecule has 4 rings (SSSR count). The molecule has 4 aromatic rings. The molecule has 1 atom stereocenters. The number of alkyl halides is 2. The Morgan fingerprint density at radius 1 is 1.11 bits per heavy atom. The molecule has 7 nitrogen and oxygen atoms in total. The number of anilines is 2. The highest BCUT2D eigenvalue weighted by Gasteiger charge is 2.23. The third kappa shape index (κ3) is 4.96. The van der Waals surface area contributed by atoms with Crippen LogP contribution in [0.2, 0.25) is 0 Å². The molecular formula is C25H22F4N4O3. The van der Waals surface area contributed by atoms with Crippen LogP contribution in [-0.4, -0.2) is 32.9 Å². The summed E-state index contributed by atoms with van der Waals surface area (Å²) in [6.45, 7) is 1.04. The van der Waals surface area contributed by atoms with Crippen molar-refractivity contribution < 1.29 is 27.4 Å². The topological polar surface area (TPSA) is 81.3 Å². The average molecular weight is 502 g/mol. The fraction of sp³-hybridized carbons (Fsp3) is 0.200. The van der Waals surface area contributed by atoms with E-state index in [4.69, 9.17) is 4.74 Å². The number of rotatable bonds is 8. The first kappa shape index (κ1) is 25.0. The van der Waals surface area contributed by atoms with Crippen molar-refractivity contribution in [2.24, 2.45) is 0 Å². The maximum absolute atomic E-state index is 14.4. The molecule has 2 N–H and O–H groups in total. The molecule has 2 aromatic carbocycles. The van der Waals surface area contributed by atoms with E-state index in [9.17, 15) is 27.5 Å². The Labute approximate surface area is 203 Å². The number of hydrogen-bond donors (Lipinski definition) is 2. The van der Waals surface area contributed by atoms with Gasteiger partial charge in [0.1, 0.15) is 23.1 Å². The van der Waals surface area contributed by atoms with Crippen molar-refractivity contribution in [1.29, 1.82) is 0 Å². The highest BCUT2D eigenvalue weighted by atomic mass is 19.3. The Morgan fingerprint density at radius 3 is 2.50 bits per heavy atom. The fourth-order valence-corrected chi connectivity index (χ4v) is 3.85. The molecule has 0 aliphatic heterocycles. The van der Waals surface area contributed by atoms with Crippen molar-refractivity contribution >= 4 is 11.4 Å². The van der Waals surface area contributed by atoms with E-state index in [1.54, 1.807) is 35.3 Å². The number of pyridine rings is 1. The smallest absolute Gasteiger partial charge is 0.274 e. The number of benzene rings is 2. The highest BCUT2D eigenvalue weighted by Crippen LogP contribution is 2.30. The first-order valence-electron chi connectivity index (χ1n) is 10.8. The molecule has 2 aromatic heterocycles. The molecule has 0 unspecified atom stereocenters. The zero-order valence-corrected chi connectivity index (χ0v) is 19.3. The Morgan fingerprint density at radius 2 is 1.89 bits per heavy atom. The van der Waals surface area contributed by atoms with Gasteiger partial charge in [0, 0.05) is 41.3 Å². The van der Waals surface area contributed by atoms with E-state index in [1.165, 1.54) is 7.11 Å². The van der Waals surface area contributed by atoms with E-state index < -0.39 is 41.8 Å². The third-order valence-corrected chi connectivity index (χ3v) is 5.59. The number of aliphatic hydroxyl groups is 1. The summed E-state index contributed by atoms with van der Waals surface area (Å²) < 4.78 is 63.2. The largest absolute Gasteiger partial charge is 0.494 e. The maximum atomic E-state index is 14.4. The van der Waals surface area contributed by atoms with E-state index in [-0.39, 0.29) is 11.3 Å². The quantitative estimate of drug-likeness (QED) is 0.336. The lowest BCUT2D eigenvalue weighted by atomic mass is 10.1. The second-order valence-corrected chi connectivity index (χ2v) is 8.00. The van der Waals surface area contributed by atoms with Gasteiger partial charge in [-0.3, -0.25) is 4.79 Å². The van der Waals surface area contributed by atoms with Gasteiger partial charge in [-0.2, -0.15) is 0 Å². The molecule has 0 radical (unpaired) electrons. The van der Waals surface area contributed by atoms with E-state index >= 15 is 0 Å². The molecule has 188 valence electrons. The number of imidazole rings is 1. The van der Waals surface area contributed by atoms with Gasteiger partial charge in [0.25, 0.3) is 12.0 Å². The Kier molecular flexibility index (Phi) is 7.11. The van der Waals surface area contributed by atoms with Gasteiger partial charge < -0.3 is 24.3 Å². The zero-order valence-electron chi connectivity index (χ0n) is 19.3. The Bertz CT molecular complexity index is 1450. The monoisotopic (exact) mass is 502 g/mol. The van der Waals surface area contributed by atoms with Crippen LogP contribution >= 0.6 is 0 Å². The van der Waals surface area contributed by atoms with E-state index in [0.717, 1.165) is 34.7 Å². The maximum Gasteiger partial charge on any atom is 0.274 e. The van der Waals surface area contributed by atoms with Crippen molar-refractivity contribution in [3.63, 3.8) is 0 Å². The second-order valence-electron chi connectivity index (χ2n) is 8.00. The van der Waals surface area contributed by atoms with Gasteiger partial charge in [0.2, 0.25) is 0 Å². The number of aromatic nitrogens is 3. The van der Waals surface area contributed by atoms with E-state index in [2.05, 4.69) is 10.3 Å². The van der Waals surface area contributed by atoms with Gasteiger partial charge in [-0.05, 0) is 31.2 Å². The summed E-state index contributed by atoms with van der Waals surface area (Å²) in [7, 11) is 1.46. The zero-order chi connectivity index (χ0) is 26.0.